The smallest absolute Gasteiger partial charge is 0.241 e. The number of ketones is 1. The fourth-order valence-electron chi connectivity index (χ4n) is 4.29. The van der Waals surface area contributed by atoms with E-state index in [9.17, 15) is 18.0 Å². The molecule has 1 aliphatic heterocycles. The van der Waals surface area contributed by atoms with Crippen LogP contribution in [0.4, 0.5) is 0 Å². The van der Waals surface area contributed by atoms with Crippen molar-refractivity contribution in [3.63, 3.8) is 0 Å². The third-order valence-corrected chi connectivity index (χ3v) is 8.59. The van der Waals surface area contributed by atoms with Gasteiger partial charge in [0.15, 0.2) is 5.78 Å². The van der Waals surface area contributed by atoms with E-state index in [1.165, 1.54) is 6.07 Å². The van der Waals surface area contributed by atoms with Gasteiger partial charge in [0.1, 0.15) is 0 Å². The van der Waals surface area contributed by atoms with Crippen LogP contribution in [0.1, 0.15) is 57.5 Å². The Labute approximate surface area is 200 Å². The Bertz CT molecular complexity index is 985. The van der Waals surface area contributed by atoms with Gasteiger partial charge in [0.2, 0.25) is 25.0 Å². The number of carbonyl (C=O) groups excluding carboxylic acids is 2. The van der Waals surface area contributed by atoms with Crippen LogP contribution in [0.3, 0.4) is 0 Å². The highest BCUT2D eigenvalue weighted by Gasteiger charge is 2.51. The number of carbonyl (C=O) groups is 2. The monoisotopic (exact) mass is 495 g/mol. The Morgan fingerprint density at radius 3 is 2.30 bits per heavy atom. The second kappa shape index (κ2) is 10.4. The molecule has 7 nitrogen and oxygen atoms in total. The normalized spacial score (nSPS) is 21.0. The first kappa shape index (κ1) is 27.7. The molecule has 1 fully saturated rings. The highest BCUT2D eigenvalue weighted by molar-refractivity contribution is 7.89. The maximum atomic E-state index is 13.6. The van der Waals surface area contributed by atoms with Gasteiger partial charge in [0, 0.05) is 24.1 Å². The van der Waals surface area contributed by atoms with Crippen LogP contribution in [0.15, 0.2) is 23.1 Å². The molecule has 1 amide bonds. The highest BCUT2D eigenvalue weighted by Crippen LogP contribution is 2.41. The quantitative estimate of drug-likeness (QED) is 0.294. The summed E-state index contributed by atoms with van der Waals surface area (Å²) in [6.45, 7) is 17.9. The summed E-state index contributed by atoms with van der Waals surface area (Å²) in [6.07, 6.45) is 0. The van der Waals surface area contributed by atoms with Crippen molar-refractivity contribution in [3.8, 4) is 0 Å². The fraction of sp³-hybridized carbons (Fsp3) is 0.667. The largest absolute Gasteiger partial charge is 0.417 e. The number of sulfonamides is 1. The molecule has 0 spiro atoms. The second-order valence-corrected chi connectivity index (χ2v) is 14.5. The zero-order chi connectivity index (χ0) is 25.3. The minimum Gasteiger partial charge on any atom is -0.417 e. The summed E-state index contributed by atoms with van der Waals surface area (Å²) >= 11 is 0. The van der Waals surface area contributed by atoms with Gasteiger partial charge in [-0.1, -0.05) is 39.3 Å². The molecule has 1 aromatic carbocycles. The maximum absolute atomic E-state index is 13.6. The van der Waals surface area contributed by atoms with E-state index < -0.39 is 25.0 Å². The van der Waals surface area contributed by atoms with Gasteiger partial charge in [-0.15, -0.1) is 0 Å². The average molecular weight is 496 g/mol. The number of amides is 1. The van der Waals surface area contributed by atoms with Gasteiger partial charge in [-0.25, -0.2) is 13.1 Å². The molecule has 1 heterocycles. The lowest BCUT2D eigenvalue weighted by molar-refractivity contribution is -0.143. The van der Waals surface area contributed by atoms with E-state index in [0.717, 1.165) is 5.56 Å². The van der Waals surface area contributed by atoms with Gasteiger partial charge in [-0.05, 0) is 57.3 Å². The number of rotatable bonds is 10. The Morgan fingerprint density at radius 1 is 1.21 bits per heavy atom. The standard InChI is InChI=1S/C24H39N2O5SSi/c1-14(2)26-32(29,30)19-11-10-15(3)12-17(19)22(27)16(4)21-20(23(28)25-21)18(24(5,6)7)13-31-33(8)9/h10-12,14,16,18,20-21,26H,13H2,1-9H3,(H,25,28)/t16-,18-,20+,21-/m1/s1. The summed E-state index contributed by atoms with van der Waals surface area (Å²) in [5, 5.41) is 2.92. The Kier molecular flexibility index (Phi) is 8.70. The first-order valence-electron chi connectivity index (χ1n) is 11.5. The van der Waals surface area contributed by atoms with Crippen molar-refractivity contribution in [2.75, 3.05) is 6.61 Å². The third kappa shape index (κ3) is 6.53. The molecule has 0 aliphatic carbocycles. The first-order chi connectivity index (χ1) is 15.1. The molecule has 1 saturated heterocycles. The predicted octanol–water partition coefficient (Wildman–Crippen LogP) is 3.55. The first-order valence-corrected chi connectivity index (χ1v) is 15.4. The Hall–Kier alpha value is -1.55. The van der Waals surface area contributed by atoms with Crippen LogP contribution in [0.25, 0.3) is 0 Å². The van der Waals surface area contributed by atoms with Gasteiger partial charge in [-0.3, -0.25) is 9.59 Å². The summed E-state index contributed by atoms with van der Waals surface area (Å²) in [4.78, 5) is 26.2. The average Bonchev–Trinajstić information content (AvgIpc) is 2.65. The topological polar surface area (TPSA) is 102 Å². The maximum Gasteiger partial charge on any atom is 0.241 e. The van der Waals surface area contributed by atoms with Crippen LogP contribution in [-0.4, -0.2) is 47.8 Å². The zero-order valence-electron chi connectivity index (χ0n) is 21.3. The SMILES string of the molecule is Cc1ccc(S(=O)(=O)NC(C)C)c(C(=O)[C@H](C)[C@H]2NC(=O)[C@H]2[C@@H](CO[Si](C)C)C(C)(C)C)c1. The predicted molar refractivity (Wildman–Crippen MR) is 132 cm³/mol. The van der Waals surface area contributed by atoms with Gasteiger partial charge < -0.3 is 9.74 Å². The van der Waals surface area contributed by atoms with Crippen LogP contribution in [-0.2, 0) is 19.2 Å². The zero-order valence-corrected chi connectivity index (χ0v) is 23.1. The van der Waals surface area contributed by atoms with E-state index in [2.05, 4.69) is 43.9 Å². The molecule has 1 aromatic rings. The number of β-lactam (4-membered cyclic amide) rings is 1. The summed E-state index contributed by atoms with van der Waals surface area (Å²) in [7, 11) is -4.78. The van der Waals surface area contributed by atoms with E-state index in [1.54, 1.807) is 32.9 Å². The molecule has 0 unspecified atom stereocenters. The molecular formula is C24H39N2O5SSi. The molecule has 1 radical (unpaired) electrons. The molecule has 0 saturated carbocycles. The third-order valence-electron chi connectivity index (χ3n) is 6.13. The summed E-state index contributed by atoms with van der Waals surface area (Å²) < 4.78 is 34.4. The van der Waals surface area contributed by atoms with Crippen molar-refractivity contribution in [2.45, 2.75) is 78.5 Å². The summed E-state index contributed by atoms with van der Waals surface area (Å²) in [6, 6.07) is 4.11. The summed E-state index contributed by atoms with van der Waals surface area (Å²) in [5.74, 6) is -1.39. The van der Waals surface area contributed by atoms with Gasteiger partial charge >= 0.3 is 0 Å². The number of hydrogen-bond acceptors (Lipinski definition) is 5. The molecule has 9 heteroatoms. The molecule has 185 valence electrons. The Morgan fingerprint density at radius 2 is 1.82 bits per heavy atom. The van der Waals surface area contributed by atoms with Gasteiger partial charge in [0.25, 0.3) is 0 Å². The van der Waals surface area contributed by atoms with E-state index >= 15 is 0 Å². The minimum atomic E-state index is -3.86. The van der Waals surface area contributed by atoms with Crippen LogP contribution in [0.5, 0.6) is 0 Å². The van der Waals surface area contributed by atoms with Crippen molar-refractivity contribution in [3.05, 3.63) is 29.3 Å². The second-order valence-electron chi connectivity index (χ2n) is 10.7. The van der Waals surface area contributed by atoms with E-state index in [0.29, 0.717) is 6.61 Å². The van der Waals surface area contributed by atoms with Crippen LogP contribution in [0.2, 0.25) is 13.1 Å². The molecular weight excluding hydrogens is 456 g/mol. The van der Waals surface area contributed by atoms with E-state index in [1.807, 2.05) is 6.92 Å². The lowest BCUT2D eigenvalue weighted by Gasteiger charge is -2.48. The van der Waals surface area contributed by atoms with Crippen molar-refractivity contribution in [2.24, 2.45) is 23.2 Å². The Balaban J connectivity index is 2.40. The minimum absolute atomic E-state index is 0.0271. The number of Topliss-reactive ketones (excluding diaryl/α,β-unsaturated/α-hetero) is 1. The van der Waals surface area contributed by atoms with Gasteiger partial charge in [0.05, 0.1) is 16.9 Å². The number of nitrogens with one attached hydrogen (secondary N) is 2. The molecule has 33 heavy (non-hydrogen) atoms. The van der Waals surface area contributed by atoms with E-state index in [-0.39, 0.29) is 51.5 Å². The number of aryl methyl sites for hydroxylation is 1. The highest BCUT2D eigenvalue weighted by atomic mass is 32.2. The van der Waals surface area contributed by atoms with Gasteiger partial charge in [-0.2, -0.15) is 0 Å². The molecule has 2 N–H and O–H groups in total. The number of hydrogen-bond donors (Lipinski definition) is 2. The lowest BCUT2D eigenvalue weighted by Crippen LogP contribution is -2.66. The van der Waals surface area contributed by atoms with E-state index in [4.69, 9.17) is 4.43 Å². The molecule has 4 atom stereocenters. The van der Waals surface area contributed by atoms with Crippen LogP contribution >= 0.6 is 0 Å². The number of benzene rings is 1. The molecule has 1 aliphatic rings. The molecule has 2 rings (SSSR count). The van der Waals surface area contributed by atoms with Crippen molar-refractivity contribution in [1.82, 2.24) is 10.0 Å². The van der Waals surface area contributed by atoms with Crippen molar-refractivity contribution < 1.29 is 22.4 Å². The summed E-state index contributed by atoms with van der Waals surface area (Å²) in [5.41, 5.74) is 0.760. The molecule has 0 bridgehead atoms. The van der Waals surface area contributed by atoms with Crippen molar-refractivity contribution in [1.29, 1.82) is 0 Å². The van der Waals surface area contributed by atoms with Crippen LogP contribution < -0.4 is 10.0 Å². The van der Waals surface area contributed by atoms with Crippen LogP contribution in [0, 0.1) is 30.1 Å². The van der Waals surface area contributed by atoms with Crippen molar-refractivity contribution >= 4 is 30.8 Å². The lowest BCUT2D eigenvalue weighted by atomic mass is 9.64. The molecule has 0 aromatic heterocycles. The fourth-order valence-corrected chi connectivity index (χ4v) is 6.24.